The first-order chi connectivity index (χ1) is 10.1. The van der Waals surface area contributed by atoms with Gasteiger partial charge >= 0.3 is 0 Å². The third-order valence-electron chi connectivity index (χ3n) is 3.62. The summed E-state index contributed by atoms with van der Waals surface area (Å²) in [6, 6.07) is 7.45. The lowest BCUT2D eigenvalue weighted by molar-refractivity contribution is 0.122. The molecule has 5 nitrogen and oxygen atoms in total. The zero-order valence-corrected chi connectivity index (χ0v) is 13.1. The van der Waals surface area contributed by atoms with Crippen molar-refractivity contribution in [3.8, 4) is 5.75 Å². The van der Waals surface area contributed by atoms with E-state index in [1.165, 1.54) is 0 Å². The van der Waals surface area contributed by atoms with Gasteiger partial charge in [0.05, 0.1) is 23.2 Å². The van der Waals surface area contributed by atoms with Crippen molar-refractivity contribution in [2.45, 2.75) is 37.3 Å². The fourth-order valence-electron chi connectivity index (χ4n) is 2.42. The molecule has 0 saturated carbocycles. The molecule has 0 radical (unpaired) electrons. The predicted octanol–water partition coefficient (Wildman–Crippen LogP) is 0.811. The Morgan fingerprint density at radius 3 is 2.95 bits per heavy atom. The van der Waals surface area contributed by atoms with Gasteiger partial charge in [0.2, 0.25) is 0 Å². The molecule has 0 spiro atoms. The number of ether oxygens (including phenoxy) is 2. The molecule has 3 N–H and O–H groups in total. The van der Waals surface area contributed by atoms with Crippen molar-refractivity contribution in [1.82, 2.24) is 0 Å². The zero-order valence-electron chi connectivity index (χ0n) is 12.2. The molecule has 21 heavy (non-hydrogen) atoms. The summed E-state index contributed by atoms with van der Waals surface area (Å²) in [6.07, 6.45) is 0.0264. The number of benzene rings is 1. The van der Waals surface area contributed by atoms with Gasteiger partial charge in [0.1, 0.15) is 12.4 Å². The van der Waals surface area contributed by atoms with E-state index in [-0.39, 0.29) is 23.7 Å². The van der Waals surface area contributed by atoms with E-state index in [1.807, 2.05) is 31.2 Å². The maximum Gasteiger partial charge on any atom is 0.123 e. The van der Waals surface area contributed by atoms with Gasteiger partial charge in [0.15, 0.2) is 0 Å². The molecule has 1 aliphatic heterocycles. The SMILES string of the molecule is CC1OCCC1S(=O)CC(O)COc1ccccc1CN. The van der Waals surface area contributed by atoms with Gasteiger partial charge in [-0.3, -0.25) is 4.21 Å². The molecule has 0 aliphatic carbocycles. The lowest BCUT2D eigenvalue weighted by Crippen LogP contribution is -2.32. The highest BCUT2D eigenvalue weighted by molar-refractivity contribution is 7.85. The molecule has 1 heterocycles. The summed E-state index contributed by atoms with van der Waals surface area (Å²) < 4.78 is 23.2. The normalized spacial score (nSPS) is 24.7. The van der Waals surface area contributed by atoms with Gasteiger partial charge in [-0.25, -0.2) is 0 Å². The van der Waals surface area contributed by atoms with Crippen LogP contribution in [0.5, 0.6) is 5.75 Å². The minimum atomic E-state index is -1.10. The van der Waals surface area contributed by atoms with Crippen LogP contribution in [-0.4, -0.2) is 45.7 Å². The van der Waals surface area contributed by atoms with Crippen molar-refractivity contribution in [3.63, 3.8) is 0 Å². The van der Waals surface area contributed by atoms with Gasteiger partial charge in [-0.15, -0.1) is 0 Å². The molecule has 0 bridgehead atoms. The summed E-state index contributed by atoms with van der Waals surface area (Å²) in [7, 11) is -1.10. The van der Waals surface area contributed by atoms with Crippen molar-refractivity contribution in [1.29, 1.82) is 0 Å². The van der Waals surface area contributed by atoms with Crippen LogP contribution in [0.1, 0.15) is 18.9 Å². The second-order valence-corrected chi connectivity index (χ2v) is 6.93. The van der Waals surface area contributed by atoms with E-state index in [0.29, 0.717) is 18.9 Å². The van der Waals surface area contributed by atoms with Crippen molar-refractivity contribution < 1.29 is 18.8 Å². The number of para-hydroxylation sites is 1. The van der Waals surface area contributed by atoms with Crippen LogP contribution in [0.15, 0.2) is 24.3 Å². The maximum absolute atomic E-state index is 12.2. The summed E-state index contributed by atoms with van der Waals surface area (Å²) in [6.45, 7) is 3.07. The van der Waals surface area contributed by atoms with E-state index >= 15 is 0 Å². The molecule has 4 atom stereocenters. The fourth-order valence-corrected chi connectivity index (χ4v) is 4.01. The monoisotopic (exact) mass is 313 g/mol. The molecule has 4 unspecified atom stereocenters. The second kappa shape index (κ2) is 7.89. The Bertz CT molecular complexity index is 482. The van der Waals surface area contributed by atoms with E-state index in [9.17, 15) is 9.32 Å². The van der Waals surface area contributed by atoms with Crippen molar-refractivity contribution in [3.05, 3.63) is 29.8 Å². The number of rotatable bonds is 7. The highest BCUT2D eigenvalue weighted by Gasteiger charge is 2.30. The van der Waals surface area contributed by atoms with Crippen molar-refractivity contribution in [2.75, 3.05) is 19.0 Å². The molecule has 2 rings (SSSR count). The quantitative estimate of drug-likeness (QED) is 0.778. The summed E-state index contributed by atoms with van der Waals surface area (Å²) >= 11 is 0. The van der Waals surface area contributed by atoms with E-state index in [1.54, 1.807) is 0 Å². The lowest BCUT2D eigenvalue weighted by atomic mass is 10.2. The number of aliphatic hydroxyl groups excluding tert-OH is 1. The Kier molecular flexibility index (Phi) is 6.17. The van der Waals surface area contributed by atoms with Gasteiger partial charge < -0.3 is 20.3 Å². The number of aliphatic hydroxyl groups is 1. The minimum absolute atomic E-state index is 0.00285. The number of hydrogen-bond donors (Lipinski definition) is 2. The Labute approximate surface area is 127 Å². The molecule has 0 aromatic heterocycles. The van der Waals surface area contributed by atoms with Crippen molar-refractivity contribution >= 4 is 10.8 Å². The van der Waals surface area contributed by atoms with E-state index < -0.39 is 16.9 Å². The van der Waals surface area contributed by atoms with Gasteiger partial charge in [0.25, 0.3) is 0 Å². The Morgan fingerprint density at radius 1 is 1.52 bits per heavy atom. The average molecular weight is 313 g/mol. The van der Waals surface area contributed by atoms with Gasteiger partial charge in [-0.1, -0.05) is 18.2 Å². The Hall–Kier alpha value is -0.950. The smallest absolute Gasteiger partial charge is 0.123 e. The molecule has 1 aromatic rings. The molecule has 118 valence electrons. The van der Waals surface area contributed by atoms with E-state index in [4.69, 9.17) is 15.2 Å². The van der Waals surface area contributed by atoms with Crippen LogP contribution < -0.4 is 10.5 Å². The average Bonchev–Trinajstić information content (AvgIpc) is 2.91. The van der Waals surface area contributed by atoms with E-state index in [0.717, 1.165) is 12.0 Å². The third kappa shape index (κ3) is 4.51. The number of nitrogens with two attached hydrogens (primary N) is 1. The maximum atomic E-state index is 12.2. The zero-order chi connectivity index (χ0) is 15.2. The summed E-state index contributed by atoms with van der Waals surface area (Å²) in [5.74, 6) is 0.880. The van der Waals surface area contributed by atoms with Crippen LogP contribution in [0.4, 0.5) is 0 Å². The molecule has 1 fully saturated rings. The topological polar surface area (TPSA) is 81.8 Å². The van der Waals surface area contributed by atoms with Gasteiger partial charge in [0, 0.05) is 29.5 Å². The molecule has 1 saturated heterocycles. The molecule has 0 amide bonds. The Morgan fingerprint density at radius 2 is 2.29 bits per heavy atom. The summed E-state index contributed by atoms with van der Waals surface area (Å²) in [5.41, 5.74) is 6.52. The summed E-state index contributed by atoms with van der Waals surface area (Å²) in [4.78, 5) is 0. The van der Waals surface area contributed by atoms with Crippen LogP contribution in [0, 0.1) is 0 Å². The van der Waals surface area contributed by atoms with Crippen LogP contribution in [0.2, 0.25) is 0 Å². The van der Waals surface area contributed by atoms with Gasteiger partial charge in [-0.2, -0.15) is 0 Å². The van der Waals surface area contributed by atoms with Crippen molar-refractivity contribution in [2.24, 2.45) is 5.73 Å². The highest BCUT2D eigenvalue weighted by Crippen LogP contribution is 2.20. The summed E-state index contributed by atoms with van der Waals surface area (Å²) in [5, 5.41) is 10.0. The molecule has 6 heteroatoms. The number of hydrogen-bond acceptors (Lipinski definition) is 5. The fraction of sp³-hybridized carbons (Fsp3) is 0.600. The first-order valence-electron chi connectivity index (χ1n) is 7.19. The second-order valence-electron chi connectivity index (χ2n) is 5.23. The Balaban J connectivity index is 1.82. The molecule has 1 aromatic carbocycles. The van der Waals surface area contributed by atoms with Crippen LogP contribution in [0.25, 0.3) is 0 Å². The van der Waals surface area contributed by atoms with Gasteiger partial charge in [-0.05, 0) is 19.4 Å². The van der Waals surface area contributed by atoms with Crippen LogP contribution in [-0.2, 0) is 22.1 Å². The standard InChI is InChI=1S/C15H23NO4S/c1-11-15(6-7-19-11)21(18)10-13(17)9-20-14-5-3-2-4-12(14)8-16/h2-5,11,13,15,17H,6-10,16H2,1H3. The van der Waals surface area contributed by atoms with Crippen LogP contribution in [0.3, 0.4) is 0 Å². The molecular formula is C15H23NO4S. The lowest BCUT2D eigenvalue weighted by Gasteiger charge is -2.17. The highest BCUT2D eigenvalue weighted by atomic mass is 32.2. The predicted molar refractivity (Wildman–Crippen MR) is 82.7 cm³/mol. The minimum Gasteiger partial charge on any atom is -0.491 e. The molecule has 1 aliphatic rings. The third-order valence-corrected chi connectivity index (χ3v) is 5.63. The first kappa shape index (κ1) is 16.4. The van der Waals surface area contributed by atoms with E-state index in [2.05, 4.69) is 0 Å². The first-order valence-corrected chi connectivity index (χ1v) is 8.57. The van der Waals surface area contributed by atoms with Crippen LogP contribution >= 0.6 is 0 Å². The largest absolute Gasteiger partial charge is 0.491 e. The molecular weight excluding hydrogens is 290 g/mol.